The first kappa shape index (κ1) is 14.8. The zero-order valence-corrected chi connectivity index (χ0v) is 11.9. The molecule has 0 aromatic heterocycles. The van der Waals surface area contributed by atoms with Gasteiger partial charge in [-0.1, -0.05) is 19.9 Å². The van der Waals surface area contributed by atoms with E-state index in [2.05, 4.69) is 19.2 Å². The lowest BCUT2D eigenvalue weighted by Crippen LogP contribution is -2.27. The minimum Gasteiger partial charge on any atom is -0.399 e. The summed E-state index contributed by atoms with van der Waals surface area (Å²) in [4.78, 5) is 12.0. The lowest BCUT2D eigenvalue weighted by Gasteiger charge is -2.09. The number of carbonyl (C=O) groups is 1. The topological polar surface area (TPSA) is 55.1 Å². The summed E-state index contributed by atoms with van der Waals surface area (Å²) in [6.07, 6.45) is 1.20. The Kier molecular flexibility index (Phi) is 4.28. The van der Waals surface area contributed by atoms with Gasteiger partial charge in [0.15, 0.2) is 0 Å². The molecule has 1 aromatic carbocycles. The molecular formula is C14H21ClN2O. The predicted molar refractivity (Wildman–Crippen MR) is 77.1 cm³/mol. The number of halogens is 1. The molecule has 0 aliphatic heterocycles. The van der Waals surface area contributed by atoms with Crippen LogP contribution < -0.4 is 11.1 Å². The summed E-state index contributed by atoms with van der Waals surface area (Å²) in [6.45, 7) is 7.15. The quantitative estimate of drug-likeness (QED) is 0.829. The molecule has 2 rings (SSSR count). The summed E-state index contributed by atoms with van der Waals surface area (Å²) < 4.78 is 0. The number of carbonyl (C=O) groups excluding carboxylic acids is 1. The van der Waals surface area contributed by atoms with Crippen LogP contribution in [0, 0.1) is 18.3 Å². The first-order valence-electron chi connectivity index (χ1n) is 6.04. The Morgan fingerprint density at radius 3 is 2.67 bits per heavy atom. The third kappa shape index (κ3) is 3.16. The summed E-state index contributed by atoms with van der Waals surface area (Å²) in [5.41, 5.74) is 8.38. The number of hydrogen-bond acceptors (Lipinski definition) is 2. The molecular weight excluding hydrogens is 248 g/mol. The highest BCUT2D eigenvalue weighted by atomic mass is 35.5. The molecule has 1 saturated carbocycles. The van der Waals surface area contributed by atoms with Gasteiger partial charge in [0.1, 0.15) is 0 Å². The third-order valence-electron chi connectivity index (χ3n) is 3.73. The van der Waals surface area contributed by atoms with Crippen molar-refractivity contribution in [3.8, 4) is 0 Å². The number of anilines is 1. The van der Waals surface area contributed by atoms with E-state index in [9.17, 15) is 4.79 Å². The van der Waals surface area contributed by atoms with Gasteiger partial charge >= 0.3 is 0 Å². The van der Waals surface area contributed by atoms with Gasteiger partial charge in [-0.25, -0.2) is 0 Å². The maximum Gasteiger partial charge on any atom is 0.251 e. The molecule has 0 radical (unpaired) electrons. The van der Waals surface area contributed by atoms with E-state index in [1.54, 1.807) is 6.07 Å². The molecule has 1 aromatic rings. The maximum absolute atomic E-state index is 12.0. The number of rotatable bonds is 3. The molecule has 1 fully saturated rings. The molecule has 3 nitrogen and oxygen atoms in total. The number of nitrogens with two attached hydrogens (primary N) is 1. The van der Waals surface area contributed by atoms with E-state index >= 15 is 0 Å². The molecule has 18 heavy (non-hydrogen) atoms. The van der Waals surface area contributed by atoms with Crippen molar-refractivity contribution in [1.29, 1.82) is 0 Å². The average molecular weight is 269 g/mol. The van der Waals surface area contributed by atoms with Crippen LogP contribution in [0.1, 0.15) is 36.2 Å². The fourth-order valence-corrected chi connectivity index (χ4v) is 2.12. The standard InChI is InChI=1S/C14H20N2O.ClH/c1-9-4-5-11(15)6-12(9)13(17)16-8-10-7-14(10,2)3;/h4-6,10H,7-8,15H2,1-3H3,(H,16,17);1H. The van der Waals surface area contributed by atoms with Gasteiger partial charge in [0, 0.05) is 17.8 Å². The average Bonchev–Trinajstić information content (AvgIpc) is 2.87. The van der Waals surface area contributed by atoms with E-state index in [0.29, 0.717) is 22.6 Å². The maximum atomic E-state index is 12.0. The highest BCUT2D eigenvalue weighted by Crippen LogP contribution is 2.50. The molecule has 4 heteroatoms. The van der Waals surface area contributed by atoms with Gasteiger partial charge < -0.3 is 11.1 Å². The van der Waals surface area contributed by atoms with E-state index in [1.807, 2.05) is 19.1 Å². The molecule has 1 unspecified atom stereocenters. The fourth-order valence-electron chi connectivity index (χ4n) is 2.12. The van der Waals surface area contributed by atoms with Gasteiger partial charge in [-0.3, -0.25) is 4.79 Å². The smallest absolute Gasteiger partial charge is 0.251 e. The zero-order chi connectivity index (χ0) is 12.6. The number of hydrogen-bond donors (Lipinski definition) is 2. The van der Waals surface area contributed by atoms with Crippen molar-refractivity contribution in [2.24, 2.45) is 11.3 Å². The van der Waals surface area contributed by atoms with Crippen LogP contribution >= 0.6 is 12.4 Å². The largest absolute Gasteiger partial charge is 0.399 e. The molecule has 1 aliphatic carbocycles. The second kappa shape index (κ2) is 5.19. The van der Waals surface area contributed by atoms with Gasteiger partial charge in [0.25, 0.3) is 5.91 Å². The van der Waals surface area contributed by atoms with Crippen LogP contribution in [0.2, 0.25) is 0 Å². The van der Waals surface area contributed by atoms with E-state index < -0.39 is 0 Å². The minimum absolute atomic E-state index is 0. The normalized spacial score (nSPS) is 19.8. The van der Waals surface area contributed by atoms with Crippen LogP contribution in [0.5, 0.6) is 0 Å². The van der Waals surface area contributed by atoms with E-state index in [1.165, 1.54) is 6.42 Å². The van der Waals surface area contributed by atoms with Crippen molar-refractivity contribution in [3.63, 3.8) is 0 Å². The van der Waals surface area contributed by atoms with Gasteiger partial charge in [-0.2, -0.15) is 0 Å². The third-order valence-corrected chi connectivity index (χ3v) is 3.73. The van der Waals surface area contributed by atoms with Crippen molar-refractivity contribution < 1.29 is 4.79 Å². The Hall–Kier alpha value is -1.22. The number of amides is 1. The van der Waals surface area contributed by atoms with Crippen molar-refractivity contribution in [2.75, 3.05) is 12.3 Å². The lowest BCUT2D eigenvalue weighted by molar-refractivity contribution is 0.0950. The van der Waals surface area contributed by atoms with Gasteiger partial charge in [-0.05, 0) is 42.4 Å². The minimum atomic E-state index is -0.0162. The van der Waals surface area contributed by atoms with Crippen LogP contribution in [0.15, 0.2) is 18.2 Å². The van der Waals surface area contributed by atoms with Crippen LogP contribution in [-0.2, 0) is 0 Å². The summed E-state index contributed by atoms with van der Waals surface area (Å²) in [6, 6.07) is 5.43. The summed E-state index contributed by atoms with van der Waals surface area (Å²) >= 11 is 0. The summed E-state index contributed by atoms with van der Waals surface area (Å²) in [7, 11) is 0. The molecule has 0 bridgehead atoms. The number of benzene rings is 1. The molecule has 0 saturated heterocycles. The Bertz CT molecular complexity index is 457. The van der Waals surface area contributed by atoms with Crippen molar-refractivity contribution >= 4 is 24.0 Å². The molecule has 0 heterocycles. The number of nitrogens with one attached hydrogen (secondary N) is 1. The van der Waals surface area contributed by atoms with Crippen LogP contribution in [-0.4, -0.2) is 12.5 Å². The predicted octanol–water partition coefficient (Wildman–Crippen LogP) is 2.77. The molecule has 1 atom stereocenters. The van der Waals surface area contributed by atoms with Gasteiger partial charge in [0.2, 0.25) is 0 Å². The van der Waals surface area contributed by atoms with Crippen molar-refractivity contribution in [2.45, 2.75) is 27.2 Å². The highest BCUT2D eigenvalue weighted by Gasteiger charge is 2.45. The Morgan fingerprint density at radius 1 is 1.50 bits per heavy atom. The van der Waals surface area contributed by atoms with E-state index in [0.717, 1.165) is 12.1 Å². The Labute approximate surface area is 115 Å². The lowest BCUT2D eigenvalue weighted by atomic mass is 10.1. The second-order valence-corrected chi connectivity index (χ2v) is 5.67. The number of aryl methyl sites for hydroxylation is 1. The summed E-state index contributed by atoms with van der Waals surface area (Å²) in [5.74, 6) is 0.602. The van der Waals surface area contributed by atoms with Crippen molar-refractivity contribution in [3.05, 3.63) is 29.3 Å². The Balaban J connectivity index is 0.00000162. The monoisotopic (exact) mass is 268 g/mol. The molecule has 1 amide bonds. The first-order valence-corrected chi connectivity index (χ1v) is 6.04. The van der Waals surface area contributed by atoms with Crippen molar-refractivity contribution in [1.82, 2.24) is 5.32 Å². The van der Waals surface area contributed by atoms with E-state index in [4.69, 9.17) is 5.73 Å². The second-order valence-electron chi connectivity index (χ2n) is 5.67. The van der Waals surface area contributed by atoms with Gasteiger partial charge in [0.05, 0.1) is 0 Å². The van der Waals surface area contributed by atoms with Gasteiger partial charge in [-0.15, -0.1) is 12.4 Å². The fraction of sp³-hybridized carbons (Fsp3) is 0.500. The molecule has 0 spiro atoms. The highest BCUT2D eigenvalue weighted by molar-refractivity contribution is 5.96. The number of nitrogen functional groups attached to an aromatic ring is 1. The zero-order valence-electron chi connectivity index (χ0n) is 11.1. The molecule has 1 aliphatic rings. The molecule has 3 N–H and O–H groups in total. The first-order chi connectivity index (χ1) is 7.90. The van der Waals surface area contributed by atoms with E-state index in [-0.39, 0.29) is 18.3 Å². The molecule has 100 valence electrons. The summed E-state index contributed by atoms with van der Waals surface area (Å²) in [5, 5.41) is 2.99. The Morgan fingerprint density at radius 2 is 2.11 bits per heavy atom. The van der Waals surface area contributed by atoms with Crippen LogP contribution in [0.3, 0.4) is 0 Å². The SMILES string of the molecule is Cc1ccc(N)cc1C(=O)NCC1CC1(C)C.Cl. The van der Waals surface area contributed by atoms with Crippen LogP contribution in [0.25, 0.3) is 0 Å². The van der Waals surface area contributed by atoms with Crippen LogP contribution in [0.4, 0.5) is 5.69 Å².